The summed E-state index contributed by atoms with van der Waals surface area (Å²) in [5.41, 5.74) is 2.44. The molecule has 0 atom stereocenters. The highest BCUT2D eigenvalue weighted by atomic mass is 35.5. The quantitative estimate of drug-likeness (QED) is 0.726. The second kappa shape index (κ2) is 5.26. The normalized spacial score (nSPS) is 11.0. The van der Waals surface area contributed by atoms with Crippen LogP contribution >= 0.6 is 11.6 Å². The Balaban J connectivity index is 2.15. The fourth-order valence-corrected chi connectivity index (χ4v) is 2.65. The summed E-state index contributed by atoms with van der Waals surface area (Å²) in [7, 11) is 0. The second-order valence-electron chi connectivity index (χ2n) is 4.98. The molecule has 0 saturated heterocycles. The monoisotopic (exact) mass is 300 g/mol. The summed E-state index contributed by atoms with van der Waals surface area (Å²) in [6, 6.07) is 12.2. The Morgan fingerprint density at radius 1 is 1.19 bits per heavy atom. The number of fused-ring (bicyclic) bond motifs is 1. The Bertz CT molecular complexity index is 881. The lowest BCUT2D eigenvalue weighted by molar-refractivity contribution is 0.472. The van der Waals surface area contributed by atoms with Gasteiger partial charge < -0.3 is 9.52 Å². The lowest BCUT2D eigenvalue weighted by Gasteiger charge is -2.08. The number of phenols is 1. The van der Waals surface area contributed by atoms with Gasteiger partial charge in [0, 0.05) is 28.5 Å². The van der Waals surface area contributed by atoms with E-state index in [1.165, 1.54) is 6.07 Å². The number of aromatic hydroxyl groups is 1. The van der Waals surface area contributed by atoms with E-state index in [0.29, 0.717) is 22.6 Å². The van der Waals surface area contributed by atoms with Crippen molar-refractivity contribution in [2.75, 3.05) is 0 Å². The van der Waals surface area contributed by atoms with E-state index in [0.717, 1.165) is 16.5 Å². The molecule has 4 heteroatoms. The predicted octanol–water partition coefficient (Wildman–Crippen LogP) is 4.05. The van der Waals surface area contributed by atoms with Gasteiger partial charge in [0.1, 0.15) is 11.3 Å². The maximum absolute atomic E-state index is 12.2. The first-order chi connectivity index (χ1) is 10.0. The van der Waals surface area contributed by atoms with Crippen molar-refractivity contribution < 1.29 is 9.52 Å². The second-order valence-corrected chi connectivity index (χ2v) is 5.42. The molecule has 1 aromatic heterocycles. The van der Waals surface area contributed by atoms with Crippen molar-refractivity contribution in [1.29, 1.82) is 0 Å². The molecule has 0 fully saturated rings. The Morgan fingerprint density at radius 2 is 2.00 bits per heavy atom. The molecule has 0 aliphatic carbocycles. The smallest absolute Gasteiger partial charge is 0.340 e. The summed E-state index contributed by atoms with van der Waals surface area (Å²) in [5.74, 6) is 0.0765. The van der Waals surface area contributed by atoms with Crippen molar-refractivity contribution in [2.24, 2.45) is 0 Å². The van der Waals surface area contributed by atoms with E-state index in [9.17, 15) is 9.90 Å². The molecule has 0 unspecified atom stereocenters. The number of aryl methyl sites for hydroxylation is 1. The van der Waals surface area contributed by atoms with Crippen molar-refractivity contribution in [3.05, 3.63) is 74.6 Å². The van der Waals surface area contributed by atoms with Crippen LogP contribution in [0.15, 0.2) is 51.7 Å². The molecule has 0 spiro atoms. The molecule has 0 amide bonds. The van der Waals surface area contributed by atoms with E-state index in [1.54, 1.807) is 18.2 Å². The van der Waals surface area contributed by atoms with Gasteiger partial charge in [0.2, 0.25) is 0 Å². The molecule has 0 aliphatic rings. The van der Waals surface area contributed by atoms with Crippen molar-refractivity contribution >= 4 is 22.6 Å². The molecule has 21 heavy (non-hydrogen) atoms. The molecule has 1 N–H and O–H groups in total. The van der Waals surface area contributed by atoms with Crippen molar-refractivity contribution in [3.63, 3.8) is 0 Å². The average Bonchev–Trinajstić information content (AvgIpc) is 2.43. The lowest BCUT2D eigenvalue weighted by atomic mass is 10.00. The van der Waals surface area contributed by atoms with Crippen LogP contribution in [0.1, 0.15) is 16.7 Å². The highest BCUT2D eigenvalue weighted by molar-refractivity contribution is 6.30. The van der Waals surface area contributed by atoms with E-state index < -0.39 is 0 Å². The number of halogens is 1. The molecule has 0 saturated carbocycles. The van der Waals surface area contributed by atoms with Crippen LogP contribution in [0.5, 0.6) is 5.75 Å². The van der Waals surface area contributed by atoms with Gasteiger partial charge in [-0.15, -0.1) is 0 Å². The third kappa shape index (κ3) is 2.65. The van der Waals surface area contributed by atoms with Gasteiger partial charge in [-0.25, -0.2) is 4.79 Å². The largest absolute Gasteiger partial charge is 0.508 e. The topological polar surface area (TPSA) is 50.4 Å². The first-order valence-corrected chi connectivity index (χ1v) is 6.92. The van der Waals surface area contributed by atoms with Gasteiger partial charge in [0.25, 0.3) is 0 Å². The van der Waals surface area contributed by atoms with Gasteiger partial charge in [-0.1, -0.05) is 23.7 Å². The minimum Gasteiger partial charge on any atom is -0.508 e. The molecule has 0 radical (unpaired) electrons. The number of hydrogen-bond donors (Lipinski definition) is 1. The third-order valence-corrected chi connectivity index (χ3v) is 3.78. The average molecular weight is 301 g/mol. The van der Waals surface area contributed by atoms with Gasteiger partial charge >= 0.3 is 5.63 Å². The Kier molecular flexibility index (Phi) is 3.43. The summed E-state index contributed by atoms with van der Waals surface area (Å²) in [5, 5.41) is 10.9. The fraction of sp³-hybridized carbons (Fsp3) is 0.118. The van der Waals surface area contributed by atoms with Crippen LogP contribution in [0.25, 0.3) is 11.0 Å². The Labute approximate surface area is 126 Å². The molecule has 3 aromatic rings. The van der Waals surface area contributed by atoms with Crippen molar-refractivity contribution in [1.82, 2.24) is 0 Å². The zero-order chi connectivity index (χ0) is 15.0. The SMILES string of the molecule is Cc1c(Cc2cccc(Cl)c2)c(=O)oc2cc(O)ccc12. The third-order valence-electron chi connectivity index (χ3n) is 3.54. The molecule has 0 aliphatic heterocycles. The van der Waals surface area contributed by atoms with Crippen LogP contribution in [-0.2, 0) is 6.42 Å². The van der Waals surface area contributed by atoms with Crippen LogP contribution in [0.2, 0.25) is 5.02 Å². The van der Waals surface area contributed by atoms with Crippen LogP contribution < -0.4 is 5.63 Å². The molecule has 0 bridgehead atoms. The van der Waals surface area contributed by atoms with Gasteiger partial charge in [-0.05, 0) is 42.3 Å². The van der Waals surface area contributed by atoms with E-state index >= 15 is 0 Å². The van der Waals surface area contributed by atoms with Crippen LogP contribution in [0.4, 0.5) is 0 Å². The van der Waals surface area contributed by atoms with Gasteiger partial charge in [0.15, 0.2) is 0 Å². The Hall–Kier alpha value is -2.26. The van der Waals surface area contributed by atoms with Crippen LogP contribution in [-0.4, -0.2) is 5.11 Å². The number of phenolic OH excluding ortho intramolecular Hbond substituents is 1. The highest BCUT2D eigenvalue weighted by Crippen LogP contribution is 2.24. The zero-order valence-corrected chi connectivity index (χ0v) is 12.1. The van der Waals surface area contributed by atoms with E-state index in [2.05, 4.69) is 0 Å². The predicted molar refractivity (Wildman–Crippen MR) is 83.1 cm³/mol. The maximum Gasteiger partial charge on any atom is 0.340 e. The Morgan fingerprint density at radius 3 is 2.76 bits per heavy atom. The fourth-order valence-electron chi connectivity index (χ4n) is 2.44. The van der Waals surface area contributed by atoms with E-state index in [-0.39, 0.29) is 11.4 Å². The first kappa shape index (κ1) is 13.7. The molecule has 3 rings (SSSR count). The molecule has 1 heterocycles. The summed E-state index contributed by atoms with van der Waals surface area (Å²) < 4.78 is 5.31. The number of benzene rings is 2. The highest BCUT2D eigenvalue weighted by Gasteiger charge is 2.12. The van der Waals surface area contributed by atoms with Crippen molar-refractivity contribution in [2.45, 2.75) is 13.3 Å². The minimum atomic E-state index is -0.384. The first-order valence-electron chi connectivity index (χ1n) is 6.54. The molecular weight excluding hydrogens is 288 g/mol. The van der Waals surface area contributed by atoms with E-state index in [1.807, 2.05) is 25.1 Å². The van der Waals surface area contributed by atoms with Gasteiger partial charge in [0.05, 0.1) is 0 Å². The molecule has 2 aromatic carbocycles. The van der Waals surface area contributed by atoms with Gasteiger partial charge in [-0.2, -0.15) is 0 Å². The van der Waals surface area contributed by atoms with Crippen LogP contribution in [0.3, 0.4) is 0 Å². The lowest BCUT2D eigenvalue weighted by Crippen LogP contribution is -2.10. The summed E-state index contributed by atoms with van der Waals surface area (Å²) in [4.78, 5) is 12.2. The van der Waals surface area contributed by atoms with E-state index in [4.69, 9.17) is 16.0 Å². The minimum absolute atomic E-state index is 0.0765. The number of rotatable bonds is 2. The molecular formula is C17H13ClO3. The summed E-state index contributed by atoms with van der Waals surface area (Å²) >= 11 is 5.97. The van der Waals surface area contributed by atoms with Crippen molar-refractivity contribution in [3.8, 4) is 5.75 Å². The van der Waals surface area contributed by atoms with Crippen LogP contribution in [0, 0.1) is 6.92 Å². The maximum atomic E-state index is 12.2. The molecule has 3 nitrogen and oxygen atoms in total. The zero-order valence-electron chi connectivity index (χ0n) is 11.4. The number of hydrogen-bond acceptors (Lipinski definition) is 3. The van der Waals surface area contributed by atoms with Gasteiger partial charge in [-0.3, -0.25) is 0 Å². The molecule has 106 valence electrons. The summed E-state index contributed by atoms with van der Waals surface area (Å²) in [6.45, 7) is 1.89. The standard InChI is InChI=1S/C17H13ClO3/c1-10-14-6-5-13(19)9-16(14)21-17(20)15(10)8-11-3-2-4-12(18)7-11/h2-7,9,19H,8H2,1H3. The summed E-state index contributed by atoms with van der Waals surface area (Å²) in [6.07, 6.45) is 0.464.